The van der Waals surface area contributed by atoms with E-state index in [4.69, 9.17) is 0 Å². The molecule has 0 N–H and O–H groups in total. The van der Waals surface area contributed by atoms with Crippen molar-refractivity contribution in [1.29, 1.82) is 0 Å². The third-order valence-corrected chi connectivity index (χ3v) is 2.41. The van der Waals surface area contributed by atoms with Gasteiger partial charge in [-0.1, -0.05) is 83.1 Å². The van der Waals surface area contributed by atoms with Crippen LogP contribution < -0.4 is 0 Å². The van der Waals surface area contributed by atoms with Gasteiger partial charge in [0.05, 0.1) is 0 Å². The maximum Gasteiger partial charge on any atom is -0.0398 e. The van der Waals surface area contributed by atoms with E-state index in [1.165, 1.54) is 22.3 Å². The van der Waals surface area contributed by atoms with E-state index in [-0.39, 0.29) is 0 Å². The molecule has 0 radical (unpaired) electrons. The molecule has 0 saturated carbocycles. The van der Waals surface area contributed by atoms with Gasteiger partial charge in [-0.25, -0.2) is 0 Å². The van der Waals surface area contributed by atoms with Crippen molar-refractivity contribution >= 4 is 0 Å². The van der Waals surface area contributed by atoms with Crippen LogP contribution in [0, 0.1) is 0 Å². The predicted octanol–water partition coefficient (Wildman–Crippen LogP) is 6.48. The molecule has 0 nitrogen and oxygen atoms in total. The van der Waals surface area contributed by atoms with Crippen molar-refractivity contribution < 1.29 is 0 Å². The zero-order valence-electron chi connectivity index (χ0n) is 13.8. The van der Waals surface area contributed by atoms with Crippen LogP contribution in [-0.4, -0.2) is 0 Å². The van der Waals surface area contributed by atoms with Crippen LogP contribution in [0.3, 0.4) is 0 Å². The average molecular weight is 268 g/mol. The minimum atomic E-state index is 1.24. The Morgan fingerprint density at radius 2 is 0.800 bits per heavy atom. The molecule has 0 aliphatic rings. The van der Waals surface area contributed by atoms with Gasteiger partial charge in [0.2, 0.25) is 0 Å². The Hall–Kier alpha value is -1.82. The molecule has 0 unspecified atom stereocenters. The SMILES string of the molecule is CC(C)=CC=CC(C)=CC=CC=C(C)C=CC=C(C)C. The first kappa shape index (κ1) is 18.2. The van der Waals surface area contributed by atoms with E-state index in [0.29, 0.717) is 0 Å². The summed E-state index contributed by atoms with van der Waals surface area (Å²) in [4.78, 5) is 0. The predicted molar refractivity (Wildman–Crippen MR) is 93.8 cm³/mol. The van der Waals surface area contributed by atoms with Crippen molar-refractivity contribution in [3.8, 4) is 0 Å². The molecule has 0 bridgehead atoms. The van der Waals surface area contributed by atoms with Gasteiger partial charge in [0, 0.05) is 0 Å². The molecule has 0 aliphatic carbocycles. The Morgan fingerprint density at radius 3 is 1.10 bits per heavy atom. The van der Waals surface area contributed by atoms with Crippen molar-refractivity contribution in [2.75, 3.05) is 0 Å². The summed E-state index contributed by atoms with van der Waals surface area (Å²) in [5.74, 6) is 0. The Kier molecular flexibility index (Phi) is 10.0. The zero-order chi connectivity index (χ0) is 15.4. The quantitative estimate of drug-likeness (QED) is 0.484. The molecule has 0 aliphatic heterocycles. The molecule has 0 aromatic rings. The fraction of sp³-hybridized carbons (Fsp3) is 0.300. The Labute approximate surface area is 125 Å². The Balaban J connectivity index is 4.43. The van der Waals surface area contributed by atoms with Gasteiger partial charge in [-0.15, -0.1) is 0 Å². The first-order valence-electron chi connectivity index (χ1n) is 7.07. The summed E-state index contributed by atoms with van der Waals surface area (Å²) < 4.78 is 0. The number of allylic oxidation sites excluding steroid dienone is 14. The average Bonchev–Trinajstić information content (AvgIpc) is 2.33. The standard InChI is InChI=1S/C20H28/c1-17(2)11-9-15-19(5)13-7-8-14-20(6)16-10-12-18(3)4/h7-16H,1-6H3. The zero-order valence-corrected chi connectivity index (χ0v) is 13.8. The smallest absolute Gasteiger partial charge is 0.0398 e. The summed E-state index contributed by atoms with van der Waals surface area (Å²) in [6, 6.07) is 0. The topological polar surface area (TPSA) is 0 Å². The molecule has 0 atom stereocenters. The van der Waals surface area contributed by atoms with Gasteiger partial charge in [0.1, 0.15) is 0 Å². The molecule has 0 aromatic heterocycles. The largest absolute Gasteiger partial charge is 0.0764 e. The van der Waals surface area contributed by atoms with E-state index in [0.717, 1.165) is 0 Å². The Morgan fingerprint density at radius 1 is 0.450 bits per heavy atom. The fourth-order valence-electron chi connectivity index (χ4n) is 1.31. The third-order valence-electron chi connectivity index (χ3n) is 2.41. The molecule has 0 saturated heterocycles. The second-order valence-corrected chi connectivity index (χ2v) is 5.41. The van der Waals surface area contributed by atoms with E-state index in [1.807, 2.05) is 0 Å². The molecular formula is C20H28. The molecular weight excluding hydrogens is 240 g/mol. The van der Waals surface area contributed by atoms with Crippen molar-refractivity contribution in [2.45, 2.75) is 41.5 Å². The van der Waals surface area contributed by atoms with Crippen molar-refractivity contribution in [3.05, 3.63) is 83.1 Å². The summed E-state index contributed by atoms with van der Waals surface area (Å²) in [6.07, 6.45) is 21.0. The lowest BCUT2D eigenvalue weighted by atomic mass is 10.2. The van der Waals surface area contributed by atoms with Crippen LogP contribution in [-0.2, 0) is 0 Å². The molecule has 20 heavy (non-hydrogen) atoms. The number of hydrogen-bond acceptors (Lipinski definition) is 0. The summed E-state index contributed by atoms with van der Waals surface area (Å²) in [6.45, 7) is 12.6. The van der Waals surface area contributed by atoms with Gasteiger partial charge in [-0.3, -0.25) is 0 Å². The van der Waals surface area contributed by atoms with E-state index < -0.39 is 0 Å². The lowest BCUT2D eigenvalue weighted by Gasteiger charge is -1.89. The maximum absolute atomic E-state index is 2.11. The minimum absolute atomic E-state index is 1.24. The fourth-order valence-corrected chi connectivity index (χ4v) is 1.31. The van der Waals surface area contributed by atoms with Crippen molar-refractivity contribution in [2.24, 2.45) is 0 Å². The maximum atomic E-state index is 2.11. The van der Waals surface area contributed by atoms with Crippen LogP contribution in [0.15, 0.2) is 83.1 Å². The minimum Gasteiger partial charge on any atom is -0.0764 e. The van der Waals surface area contributed by atoms with Crippen LogP contribution in [0.2, 0.25) is 0 Å². The van der Waals surface area contributed by atoms with E-state index in [1.54, 1.807) is 0 Å². The lowest BCUT2D eigenvalue weighted by Crippen LogP contribution is -1.68. The van der Waals surface area contributed by atoms with Crippen molar-refractivity contribution in [3.63, 3.8) is 0 Å². The normalized spacial score (nSPS) is 13.5. The van der Waals surface area contributed by atoms with Crippen LogP contribution in [0.4, 0.5) is 0 Å². The summed E-state index contributed by atoms with van der Waals surface area (Å²) in [5.41, 5.74) is 5.10. The summed E-state index contributed by atoms with van der Waals surface area (Å²) in [7, 11) is 0. The Bertz CT molecular complexity index is 432. The molecule has 0 amide bonds. The van der Waals surface area contributed by atoms with Crippen LogP contribution in [0.25, 0.3) is 0 Å². The molecule has 108 valence electrons. The lowest BCUT2D eigenvalue weighted by molar-refractivity contribution is 1.39. The van der Waals surface area contributed by atoms with Crippen LogP contribution in [0.5, 0.6) is 0 Å². The summed E-state index contributed by atoms with van der Waals surface area (Å²) in [5, 5.41) is 0. The van der Waals surface area contributed by atoms with Gasteiger partial charge in [-0.05, 0) is 41.5 Å². The highest BCUT2D eigenvalue weighted by molar-refractivity contribution is 5.29. The summed E-state index contributed by atoms with van der Waals surface area (Å²) >= 11 is 0. The first-order chi connectivity index (χ1) is 9.41. The van der Waals surface area contributed by atoms with Gasteiger partial charge < -0.3 is 0 Å². The van der Waals surface area contributed by atoms with Crippen LogP contribution >= 0.6 is 0 Å². The van der Waals surface area contributed by atoms with E-state index in [9.17, 15) is 0 Å². The highest BCUT2D eigenvalue weighted by Crippen LogP contribution is 2.00. The highest BCUT2D eigenvalue weighted by Gasteiger charge is 1.79. The number of hydrogen-bond donors (Lipinski definition) is 0. The van der Waals surface area contributed by atoms with Crippen LogP contribution in [0.1, 0.15) is 41.5 Å². The molecule has 0 aromatic carbocycles. The molecule has 0 fully saturated rings. The first-order valence-corrected chi connectivity index (χ1v) is 7.07. The second-order valence-electron chi connectivity index (χ2n) is 5.41. The van der Waals surface area contributed by atoms with Crippen molar-refractivity contribution in [1.82, 2.24) is 0 Å². The van der Waals surface area contributed by atoms with Gasteiger partial charge >= 0.3 is 0 Å². The monoisotopic (exact) mass is 268 g/mol. The third kappa shape index (κ3) is 12.6. The van der Waals surface area contributed by atoms with Gasteiger partial charge in [-0.2, -0.15) is 0 Å². The second kappa shape index (κ2) is 11.0. The highest BCUT2D eigenvalue weighted by atomic mass is 13.9. The van der Waals surface area contributed by atoms with E-state index >= 15 is 0 Å². The molecule has 0 heteroatoms. The molecule has 0 rings (SSSR count). The van der Waals surface area contributed by atoms with Gasteiger partial charge in [0.15, 0.2) is 0 Å². The van der Waals surface area contributed by atoms with E-state index in [2.05, 4.69) is 102 Å². The van der Waals surface area contributed by atoms with Gasteiger partial charge in [0.25, 0.3) is 0 Å². The number of rotatable bonds is 6. The molecule has 0 heterocycles. The molecule has 0 spiro atoms.